The SMILES string of the molecule is COCCNC(=O)c1cc2cc(NS(=O)(=O)c3cccc(C(F)(F)F)c3)ccc2n1Cc1cc(C)ccc1C. The molecule has 3 aromatic carbocycles. The monoisotopic (exact) mass is 559 g/mol. The van der Waals surface area contributed by atoms with Gasteiger partial charge in [-0.1, -0.05) is 29.8 Å². The third-order valence-corrected chi connectivity index (χ3v) is 7.66. The summed E-state index contributed by atoms with van der Waals surface area (Å²) in [6.45, 7) is 5.02. The average Bonchev–Trinajstić information content (AvgIpc) is 3.23. The predicted octanol–water partition coefficient (Wildman–Crippen LogP) is 5.50. The summed E-state index contributed by atoms with van der Waals surface area (Å²) < 4.78 is 74.3. The van der Waals surface area contributed by atoms with Gasteiger partial charge in [-0.25, -0.2) is 8.42 Å². The van der Waals surface area contributed by atoms with Gasteiger partial charge < -0.3 is 14.6 Å². The number of benzene rings is 3. The summed E-state index contributed by atoms with van der Waals surface area (Å²) in [5.74, 6) is -0.320. The Kier molecular flexibility index (Phi) is 8.03. The standard InChI is InChI=1S/C28H28F3N3O4S/c1-18-7-8-19(2)21(13-18)17-34-25-10-9-23(14-20(25)15-26(34)27(35)32-11-12-38-3)33-39(36,37)24-6-4-5-22(16-24)28(29,30)31/h4-10,13-16,33H,11-12,17H2,1-3H3,(H,32,35). The number of ether oxygens (including phenoxy) is 1. The van der Waals surface area contributed by atoms with Crippen molar-refractivity contribution in [3.05, 3.63) is 94.7 Å². The number of methoxy groups -OCH3 is 1. The Bertz CT molecular complexity index is 1630. The van der Waals surface area contributed by atoms with E-state index in [1.54, 1.807) is 18.2 Å². The Balaban J connectivity index is 1.72. The average molecular weight is 560 g/mol. The van der Waals surface area contributed by atoms with Crippen molar-refractivity contribution in [2.45, 2.75) is 31.5 Å². The molecule has 1 aromatic heterocycles. The zero-order valence-electron chi connectivity index (χ0n) is 21.6. The number of aryl methyl sites for hydroxylation is 2. The minimum atomic E-state index is -4.68. The highest BCUT2D eigenvalue weighted by Crippen LogP contribution is 2.31. The van der Waals surface area contributed by atoms with Gasteiger partial charge in [-0.15, -0.1) is 0 Å². The van der Waals surface area contributed by atoms with Crippen molar-refractivity contribution < 1.29 is 31.1 Å². The van der Waals surface area contributed by atoms with Gasteiger partial charge in [0, 0.05) is 36.8 Å². The van der Waals surface area contributed by atoms with Gasteiger partial charge in [0.25, 0.3) is 15.9 Å². The van der Waals surface area contributed by atoms with E-state index in [1.807, 2.05) is 36.6 Å². The van der Waals surface area contributed by atoms with Crippen molar-refractivity contribution in [3.63, 3.8) is 0 Å². The molecule has 0 bridgehead atoms. The first-order chi connectivity index (χ1) is 18.4. The number of fused-ring (bicyclic) bond motifs is 1. The van der Waals surface area contributed by atoms with Crippen molar-refractivity contribution in [2.75, 3.05) is 25.0 Å². The van der Waals surface area contributed by atoms with Gasteiger partial charge in [-0.05, 0) is 67.4 Å². The molecular weight excluding hydrogens is 531 g/mol. The maximum absolute atomic E-state index is 13.1. The fraction of sp³-hybridized carbons (Fsp3) is 0.250. The molecule has 0 saturated carbocycles. The number of amides is 1. The van der Waals surface area contributed by atoms with E-state index in [-0.39, 0.29) is 11.6 Å². The Labute approximate surface area is 224 Å². The molecule has 39 heavy (non-hydrogen) atoms. The molecule has 4 aromatic rings. The van der Waals surface area contributed by atoms with Crippen LogP contribution in [0.5, 0.6) is 0 Å². The van der Waals surface area contributed by atoms with Crippen molar-refractivity contribution in [2.24, 2.45) is 0 Å². The van der Waals surface area contributed by atoms with Crippen LogP contribution in [-0.2, 0) is 27.5 Å². The molecule has 0 saturated heterocycles. The smallest absolute Gasteiger partial charge is 0.383 e. The highest BCUT2D eigenvalue weighted by molar-refractivity contribution is 7.92. The van der Waals surface area contributed by atoms with Crippen LogP contribution in [0.2, 0.25) is 0 Å². The van der Waals surface area contributed by atoms with Gasteiger partial charge >= 0.3 is 6.18 Å². The van der Waals surface area contributed by atoms with Gasteiger partial charge in [0.1, 0.15) is 5.69 Å². The Morgan fingerprint density at radius 1 is 1.00 bits per heavy atom. The molecule has 0 aliphatic heterocycles. The van der Waals surface area contributed by atoms with E-state index < -0.39 is 26.7 Å². The lowest BCUT2D eigenvalue weighted by Crippen LogP contribution is -2.29. The van der Waals surface area contributed by atoms with Crippen LogP contribution in [0.1, 0.15) is 32.7 Å². The van der Waals surface area contributed by atoms with E-state index in [4.69, 9.17) is 4.74 Å². The number of anilines is 1. The minimum absolute atomic E-state index is 0.148. The molecule has 7 nitrogen and oxygen atoms in total. The van der Waals surface area contributed by atoms with Crippen molar-refractivity contribution in [1.82, 2.24) is 9.88 Å². The Morgan fingerprint density at radius 2 is 1.77 bits per heavy atom. The first kappa shape index (κ1) is 28.2. The van der Waals surface area contributed by atoms with Gasteiger partial charge in [0.2, 0.25) is 0 Å². The molecule has 1 heterocycles. The first-order valence-electron chi connectivity index (χ1n) is 12.1. The third-order valence-electron chi connectivity index (χ3n) is 6.28. The molecule has 0 spiro atoms. The lowest BCUT2D eigenvalue weighted by Gasteiger charge is -2.14. The number of sulfonamides is 1. The van der Waals surface area contributed by atoms with Crippen LogP contribution in [-0.4, -0.2) is 39.2 Å². The largest absolute Gasteiger partial charge is 0.416 e. The number of rotatable bonds is 9. The number of nitrogens with one attached hydrogen (secondary N) is 2. The Morgan fingerprint density at radius 3 is 2.49 bits per heavy atom. The lowest BCUT2D eigenvalue weighted by molar-refractivity contribution is -0.137. The lowest BCUT2D eigenvalue weighted by atomic mass is 10.1. The normalized spacial score (nSPS) is 12.1. The summed E-state index contributed by atoms with van der Waals surface area (Å²) in [7, 11) is -2.77. The topological polar surface area (TPSA) is 89.4 Å². The van der Waals surface area contributed by atoms with Crippen LogP contribution < -0.4 is 10.0 Å². The molecule has 0 aliphatic carbocycles. The zero-order chi connectivity index (χ0) is 28.4. The third kappa shape index (κ3) is 6.43. The Hall–Kier alpha value is -3.83. The predicted molar refractivity (Wildman–Crippen MR) is 143 cm³/mol. The minimum Gasteiger partial charge on any atom is -0.383 e. The van der Waals surface area contributed by atoms with Gasteiger partial charge in [-0.3, -0.25) is 9.52 Å². The summed E-state index contributed by atoms with van der Waals surface area (Å²) in [5, 5.41) is 3.40. The van der Waals surface area contributed by atoms with Crippen molar-refractivity contribution >= 4 is 32.5 Å². The maximum atomic E-state index is 13.1. The molecule has 0 atom stereocenters. The van der Waals surface area contributed by atoms with E-state index >= 15 is 0 Å². The molecule has 0 aliphatic rings. The molecule has 1 amide bonds. The number of hydrogen-bond donors (Lipinski definition) is 2. The quantitative estimate of drug-likeness (QED) is 0.265. The van der Waals surface area contributed by atoms with E-state index in [0.717, 1.165) is 34.9 Å². The van der Waals surface area contributed by atoms with Crippen LogP contribution in [0.4, 0.5) is 18.9 Å². The second-order valence-electron chi connectivity index (χ2n) is 9.20. The van der Waals surface area contributed by atoms with Crippen LogP contribution in [0.25, 0.3) is 10.9 Å². The van der Waals surface area contributed by atoms with Gasteiger partial charge in [0.05, 0.1) is 17.1 Å². The number of halogens is 3. The fourth-order valence-corrected chi connectivity index (χ4v) is 5.34. The van der Waals surface area contributed by atoms with Crippen molar-refractivity contribution in [1.29, 1.82) is 0 Å². The molecule has 4 rings (SSSR count). The summed E-state index contributed by atoms with van der Waals surface area (Å²) in [6.07, 6.45) is -4.68. The summed E-state index contributed by atoms with van der Waals surface area (Å²) in [5.41, 5.74) is 3.30. The highest BCUT2D eigenvalue weighted by Gasteiger charge is 2.31. The molecule has 0 fully saturated rings. The van der Waals surface area contributed by atoms with E-state index in [0.29, 0.717) is 42.4 Å². The zero-order valence-corrected chi connectivity index (χ0v) is 22.4. The van der Waals surface area contributed by atoms with Crippen LogP contribution >= 0.6 is 0 Å². The maximum Gasteiger partial charge on any atom is 0.416 e. The number of hydrogen-bond acceptors (Lipinski definition) is 4. The van der Waals surface area contributed by atoms with E-state index in [2.05, 4.69) is 10.0 Å². The number of aromatic nitrogens is 1. The molecule has 0 radical (unpaired) electrons. The molecule has 206 valence electrons. The molecular formula is C28H28F3N3O4S. The summed E-state index contributed by atoms with van der Waals surface area (Å²) >= 11 is 0. The number of nitrogens with zero attached hydrogens (tertiary/aromatic N) is 1. The second kappa shape index (κ2) is 11.1. The number of alkyl halides is 3. The van der Waals surface area contributed by atoms with E-state index in [1.165, 1.54) is 13.2 Å². The summed E-state index contributed by atoms with van der Waals surface area (Å²) in [4.78, 5) is 12.6. The number of carbonyl (C=O) groups excluding carboxylic acids is 1. The van der Waals surface area contributed by atoms with Crippen LogP contribution in [0.15, 0.2) is 71.6 Å². The molecule has 11 heteroatoms. The number of carbonyl (C=O) groups is 1. The first-order valence-corrected chi connectivity index (χ1v) is 13.5. The van der Waals surface area contributed by atoms with Crippen LogP contribution in [0, 0.1) is 13.8 Å². The highest BCUT2D eigenvalue weighted by atomic mass is 32.2. The van der Waals surface area contributed by atoms with Gasteiger partial charge in [0.15, 0.2) is 0 Å². The summed E-state index contributed by atoms with van der Waals surface area (Å²) in [6, 6.07) is 16.0. The second-order valence-corrected chi connectivity index (χ2v) is 10.9. The molecule has 2 N–H and O–H groups in total. The van der Waals surface area contributed by atoms with Gasteiger partial charge in [-0.2, -0.15) is 13.2 Å². The van der Waals surface area contributed by atoms with Crippen molar-refractivity contribution in [3.8, 4) is 0 Å². The molecule has 0 unspecified atom stereocenters. The van der Waals surface area contributed by atoms with Crippen LogP contribution in [0.3, 0.4) is 0 Å². The van der Waals surface area contributed by atoms with E-state index in [9.17, 15) is 26.4 Å². The fourth-order valence-electron chi connectivity index (χ4n) is 4.24.